The van der Waals surface area contributed by atoms with Gasteiger partial charge in [0.1, 0.15) is 0 Å². The number of benzene rings is 3. The number of para-hydroxylation sites is 2. The van der Waals surface area contributed by atoms with Gasteiger partial charge in [0.2, 0.25) is 0 Å². The van der Waals surface area contributed by atoms with E-state index in [1.807, 2.05) is 0 Å². The van der Waals surface area contributed by atoms with E-state index >= 15 is 0 Å². The number of nitrogens with one attached hydrogen (secondary N) is 2. The fourth-order valence-electron chi connectivity index (χ4n) is 3.48. The van der Waals surface area contributed by atoms with Gasteiger partial charge in [0, 0.05) is 33.4 Å². The highest BCUT2D eigenvalue weighted by atomic mass is 14.7. The Morgan fingerprint density at radius 2 is 1.23 bits per heavy atom. The molecule has 3 aromatic carbocycles. The second kappa shape index (κ2) is 6.08. The van der Waals surface area contributed by atoms with Gasteiger partial charge in [0.25, 0.3) is 0 Å². The number of aromatic nitrogens is 2. The van der Waals surface area contributed by atoms with Crippen LogP contribution in [0.15, 0.2) is 91.0 Å². The Kier molecular flexibility index (Phi) is 3.46. The largest absolute Gasteiger partial charge is 0.355 e. The first-order valence-corrected chi connectivity index (χ1v) is 8.80. The molecular formula is C24H18N2. The van der Waals surface area contributed by atoms with Crippen LogP contribution in [0.4, 0.5) is 0 Å². The van der Waals surface area contributed by atoms with Gasteiger partial charge in [-0.2, -0.15) is 0 Å². The molecule has 0 unspecified atom stereocenters. The fraction of sp³-hybridized carbons (Fsp3) is 0. The Balaban J connectivity index is 1.71. The maximum absolute atomic E-state index is 3.57. The van der Waals surface area contributed by atoms with Crippen molar-refractivity contribution in [2.45, 2.75) is 0 Å². The van der Waals surface area contributed by atoms with Crippen LogP contribution in [0.2, 0.25) is 0 Å². The molecule has 2 aromatic heterocycles. The summed E-state index contributed by atoms with van der Waals surface area (Å²) in [7, 11) is 0. The van der Waals surface area contributed by atoms with Gasteiger partial charge in [-0.1, -0.05) is 66.7 Å². The zero-order chi connectivity index (χ0) is 17.3. The molecule has 0 aliphatic rings. The monoisotopic (exact) mass is 334 g/mol. The first-order chi connectivity index (χ1) is 12.9. The number of hydrogen-bond acceptors (Lipinski definition) is 0. The van der Waals surface area contributed by atoms with Crippen LogP contribution in [0.25, 0.3) is 33.5 Å². The molecule has 0 aliphatic heterocycles. The molecule has 0 saturated carbocycles. The van der Waals surface area contributed by atoms with Crippen LogP contribution in [0.5, 0.6) is 0 Å². The van der Waals surface area contributed by atoms with Crippen LogP contribution in [0.1, 0.15) is 17.0 Å². The standard InChI is InChI=1S/C24H18N2/c1-2-8-17(9-3-1)21(24-15-19-11-5-7-13-23(19)26-24)16-20-14-18-10-4-6-12-22(18)25-20/h1-16,25-26H. The average Bonchev–Trinajstić information content (AvgIpc) is 3.30. The molecule has 5 rings (SSSR count). The van der Waals surface area contributed by atoms with E-state index in [1.165, 1.54) is 21.9 Å². The lowest BCUT2D eigenvalue weighted by Crippen LogP contribution is -1.88. The summed E-state index contributed by atoms with van der Waals surface area (Å²) >= 11 is 0. The fourth-order valence-corrected chi connectivity index (χ4v) is 3.48. The van der Waals surface area contributed by atoms with E-state index in [4.69, 9.17) is 0 Å². The number of hydrogen-bond donors (Lipinski definition) is 2. The molecule has 0 fully saturated rings. The second-order valence-electron chi connectivity index (χ2n) is 6.51. The summed E-state index contributed by atoms with van der Waals surface area (Å²) in [5.74, 6) is 0. The summed E-state index contributed by atoms with van der Waals surface area (Å²) in [4.78, 5) is 7.08. The Morgan fingerprint density at radius 3 is 1.92 bits per heavy atom. The number of fused-ring (bicyclic) bond motifs is 2. The maximum atomic E-state index is 3.57. The van der Waals surface area contributed by atoms with Crippen molar-refractivity contribution in [1.82, 2.24) is 9.97 Å². The molecule has 2 heterocycles. The van der Waals surface area contributed by atoms with Crippen LogP contribution in [-0.4, -0.2) is 9.97 Å². The highest BCUT2D eigenvalue weighted by Gasteiger charge is 2.09. The SMILES string of the molecule is C(=C(c1ccccc1)c1cc2ccccc2[nH]1)c1cc2ccccc2[nH]1. The van der Waals surface area contributed by atoms with E-state index in [9.17, 15) is 0 Å². The van der Waals surface area contributed by atoms with E-state index in [2.05, 4.69) is 107 Å². The van der Waals surface area contributed by atoms with E-state index in [0.717, 1.165) is 22.4 Å². The molecule has 0 radical (unpaired) electrons. The highest BCUT2D eigenvalue weighted by Crippen LogP contribution is 2.29. The highest BCUT2D eigenvalue weighted by molar-refractivity contribution is 5.96. The molecule has 5 aromatic rings. The number of aromatic amines is 2. The summed E-state index contributed by atoms with van der Waals surface area (Å²) in [6.07, 6.45) is 2.22. The van der Waals surface area contributed by atoms with E-state index < -0.39 is 0 Å². The van der Waals surface area contributed by atoms with Gasteiger partial charge in [-0.25, -0.2) is 0 Å². The molecular weight excluding hydrogens is 316 g/mol. The molecule has 0 atom stereocenters. The van der Waals surface area contributed by atoms with Crippen molar-refractivity contribution >= 4 is 33.5 Å². The van der Waals surface area contributed by atoms with Crippen molar-refractivity contribution in [2.24, 2.45) is 0 Å². The van der Waals surface area contributed by atoms with Crippen LogP contribution < -0.4 is 0 Å². The number of rotatable bonds is 3. The second-order valence-corrected chi connectivity index (χ2v) is 6.51. The van der Waals surface area contributed by atoms with Gasteiger partial charge in [0.05, 0.1) is 0 Å². The first kappa shape index (κ1) is 14.8. The summed E-state index contributed by atoms with van der Waals surface area (Å²) < 4.78 is 0. The third-order valence-electron chi connectivity index (χ3n) is 4.76. The van der Waals surface area contributed by atoms with Crippen molar-refractivity contribution in [1.29, 1.82) is 0 Å². The molecule has 0 aliphatic carbocycles. The predicted molar refractivity (Wildman–Crippen MR) is 110 cm³/mol. The van der Waals surface area contributed by atoms with Crippen LogP contribution in [0, 0.1) is 0 Å². The molecule has 124 valence electrons. The summed E-state index contributed by atoms with van der Waals surface area (Å²) in [6, 6.07) is 31.7. The molecule has 26 heavy (non-hydrogen) atoms. The molecule has 2 N–H and O–H groups in total. The number of H-pyrrole nitrogens is 2. The first-order valence-electron chi connectivity index (χ1n) is 8.80. The smallest absolute Gasteiger partial charge is 0.0471 e. The Morgan fingerprint density at radius 1 is 0.615 bits per heavy atom. The van der Waals surface area contributed by atoms with Crippen molar-refractivity contribution in [3.8, 4) is 0 Å². The van der Waals surface area contributed by atoms with Gasteiger partial charge >= 0.3 is 0 Å². The lowest BCUT2D eigenvalue weighted by atomic mass is 10.0. The molecule has 0 spiro atoms. The van der Waals surface area contributed by atoms with Gasteiger partial charge in [-0.05, 0) is 41.3 Å². The van der Waals surface area contributed by atoms with Crippen LogP contribution >= 0.6 is 0 Å². The Hall–Kier alpha value is -3.52. The zero-order valence-electron chi connectivity index (χ0n) is 14.2. The topological polar surface area (TPSA) is 31.6 Å². The van der Waals surface area contributed by atoms with Crippen LogP contribution in [-0.2, 0) is 0 Å². The Labute approximate surface area is 151 Å². The van der Waals surface area contributed by atoms with Gasteiger partial charge in [-0.15, -0.1) is 0 Å². The lowest BCUT2D eigenvalue weighted by molar-refractivity contribution is 1.38. The lowest BCUT2D eigenvalue weighted by Gasteiger charge is -2.06. The third kappa shape index (κ3) is 2.62. The molecule has 0 saturated heterocycles. The summed E-state index contributed by atoms with van der Waals surface area (Å²) in [5, 5.41) is 2.45. The summed E-state index contributed by atoms with van der Waals surface area (Å²) in [6.45, 7) is 0. The van der Waals surface area contributed by atoms with Crippen molar-refractivity contribution in [2.75, 3.05) is 0 Å². The molecule has 2 nitrogen and oxygen atoms in total. The maximum Gasteiger partial charge on any atom is 0.0471 e. The minimum Gasteiger partial charge on any atom is -0.355 e. The van der Waals surface area contributed by atoms with Gasteiger partial charge in [-0.3, -0.25) is 0 Å². The molecule has 0 bridgehead atoms. The third-order valence-corrected chi connectivity index (χ3v) is 4.76. The predicted octanol–water partition coefficient (Wildman–Crippen LogP) is 6.24. The van der Waals surface area contributed by atoms with E-state index in [1.54, 1.807) is 0 Å². The normalized spacial score (nSPS) is 12.1. The van der Waals surface area contributed by atoms with E-state index in [-0.39, 0.29) is 0 Å². The minimum atomic E-state index is 1.10. The molecule has 2 heteroatoms. The zero-order valence-corrected chi connectivity index (χ0v) is 14.2. The van der Waals surface area contributed by atoms with Gasteiger partial charge < -0.3 is 9.97 Å². The quantitative estimate of drug-likeness (QED) is 0.391. The van der Waals surface area contributed by atoms with Crippen LogP contribution in [0.3, 0.4) is 0 Å². The van der Waals surface area contributed by atoms with Crippen molar-refractivity contribution in [3.63, 3.8) is 0 Å². The van der Waals surface area contributed by atoms with Crippen molar-refractivity contribution in [3.05, 3.63) is 108 Å². The summed E-state index contributed by atoms with van der Waals surface area (Å²) in [5.41, 5.74) is 6.90. The minimum absolute atomic E-state index is 1.10. The van der Waals surface area contributed by atoms with E-state index in [0.29, 0.717) is 0 Å². The van der Waals surface area contributed by atoms with Gasteiger partial charge in [0.15, 0.2) is 0 Å². The van der Waals surface area contributed by atoms with Crippen molar-refractivity contribution < 1.29 is 0 Å². The Bertz CT molecular complexity index is 1160. The molecule has 0 amide bonds. The average molecular weight is 334 g/mol.